The molecule has 0 aliphatic carbocycles. The van der Waals surface area contributed by atoms with E-state index in [1.807, 2.05) is 0 Å². The number of nitrogens with one attached hydrogen (secondary N) is 2. The molecule has 1 aromatic heterocycles. The van der Waals surface area contributed by atoms with Crippen LogP contribution in [-0.2, 0) is 11.3 Å². The molecule has 3 aliphatic rings. The second-order valence-corrected chi connectivity index (χ2v) is 12.8. The number of piperidine rings is 1. The second-order valence-electron chi connectivity index (χ2n) is 11.7. The van der Waals surface area contributed by atoms with Crippen LogP contribution >= 0.6 is 11.3 Å². The van der Waals surface area contributed by atoms with Gasteiger partial charge in [0.1, 0.15) is 29.2 Å². The zero-order valence-corrected chi connectivity index (χ0v) is 27.2. The standard InChI is InChI=1S/C36H32FN5O6S/c1-46-31-16-24-10-8-22(31)17-39-32(43)19-47-23-5-2-4-20(14-23)21-9-11-27(37)26(15-21)34(44)40-29-18-42(13-12-30(29)48-24)35(45)25-6-3-7-28-33(25)49-36(38)41-28/h2-11,14-16,29-30H,12-13,17-19H2,1H3,(H2,38,41)(H,39,43)(H,40,44)/t29-,30+/m1/s1. The Bertz CT molecular complexity index is 2090. The number of nitrogens with two attached hydrogens (primary N) is 1. The van der Waals surface area contributed by atoms with Crippen molar-refractivity contribution < 1.29 is 33.0 Å². The first kappa shape index (κ1) is 31.9. The van der Waals surface area contributed by atoms with E-state index in [9.17, 15) is 14.4 Å². The van der Waals surface area contributed by atoms with Crippen molar-refractivity contribution in [3.05, 3.63) is 101 Å². The molecule has 0 unspecified atom stereocenters. The predicted octanol–water partition coefficient (Wildman–Crippen LogP) is 4.79. The van der Waals surface area contributed by atoms with E-state index in [4.69, 9.17) is 19.9 Å². The highest BCUT2D eigenvalue weighted by molar-refractivity contribution is 7.22. The molecule has 6 bridgehead atoms. The van der Waals surface area contributed by atoms with Crippen molar-refractivity contribution in [3.8, 4) is 28.4 Å². The van der Waals surface area contributed by atoms with Gasteiger partial charge in [-0.25, -0.2) is 9.37 Å². The van der Waals surface area contributed by atoms with Gasteiger partial charge in [-0.05, 0) is 59.7 Å². The van der Waals surface area contributed by atoms with Crippen LogP contribution in [0.25, 0.3) is 21.3 Å². The number of carbonyl (C=O) groups is 3. The Morgan fingerprint density at radius 1 is 1.04 bits per heavy atom. The Morgan fingerprint density at radius 3 is 2.73 bits per heavy atom. The number of carbonyl (C=O) groups excluding carboxylic acids is 3. The molecule has 11 nitrogen and oxygen atoms in total. The summed E-state index contributed by atoms with van der Waals surface area (Å²) in [5.74, 6) is -0.545. The van der Waals surface area contributed by atoms with E-state index >= 15 is 4.39 Å². The molecule has 4 N–H and O–H groups in total. The lowest BCUT2D eigenvalue weighted by Crippen LogP contribution is -2.58. The number of nitrogen functional groups attached to an aromatic ring is 1. The van der Waals surface area contributed by atoms with Gasteiger partial charge in [0.25, 0.3) is 17.7 Å². The van der Waals surface area contributed by atoms with E-state index in [1.165, 1.54) is 30.6 Å². The maximum Gasteiger partial charge on any atom is 0.258 e. The number of aromatic nitrogens is 1. The third-order valence-electron chi connectivity index (χ3n) is 8.59. The fourth-order valence-corrected chi connectivity index (χ4v) is 6.94. The van der Waals surface area contributed by atoms with Crippen molar-refractivity contribution in [2.75, 3.05) is 32.5 Å². The molecular formula is C36H32FN5O6S. The number of hydrogen-bond acceptors (Lipinski definition) is 9. The third-order valence-corrected chi connectivity index (χ3v) is 9.52. The van der Waals surface area contributed by atoms with Gasteiger partial charge in [-0.2, -0.15) is 0 Å². The fraction of sp³-hybridized carbons (Fsp3) is 0.222. The number of fused-ring (bicyclic) bond motifs is 8. The number of thiazole rings is 1. The minimum atomic E-state index is -0.716. The van der Waals surface area contributed by atoms with Gasteiger partial charge < -0.3 is 35.5 Å². The molecule has 4 aromatic carbocycles. The third kappa shape index (κ3) is 6.70. The molecule has 0 radical (unpaired) electrons. The van der Waals surface area contributed by atoms with E-state index in [-0.39, 0.29) is 37.1 Å². The van der Waals surface area contributed by atoms with Gasteiger partial charge in [-0.1, -0.05) is 35.6 Å². The Balaban J connectivity index is 1.24. The van der Waals surface area contributed by atoms with Gasteiger partial charge in [-0.3, -0.25) is 14.4 Å². The van der Waals surface area contributed by atoms with Gasteiger partial charge in [-0.15, -0.1) is 0 Å². The number of rotatable bonds is 2. The van der Waals surface area contributed by atoms with E-state index in [2.05, 4.69) is 15.6 Å². The normalized spacial score (nSPS) is 18.0. The topological polar surface area (TPSA) is 145 Å². The summed E-state index contributed by atoms with van der Waals surface area (Å²) in [6.07, 6.45) is -0.212. The van der Waals surface area contributed by atoms with Crippen molar-refractivity contribution in [1.82, 2.24) is 20.5 Å². The van der Waals surface area contributed by atoms with Gasteiger partial charge in [0.15, 0.2) is 11.7 Å². The quantitative estimate of drug-likeness (QED) is 0.241. The average Bonchev–Trinajstić information content (AvgIpc) is 3.50. The zero-order valence-electron chi connectivity index (χ0n) is 26.4. The van der Waals surface area contributed by atoms with Crippen LogP contribution < -0.4 is 30.6 Å². The predicted molar refractivity (Wildman–Crippen MR) is 182 cm³/mol. The molecule has 4 heterocycles. The van der Waals surface area contributed by atoms with Crippen molar-refractivity contribution >= 4 is 44.4 Å². The van der Waals surface area contributed by atoms with Crippen molar-refractivity contribution in [2.24, 2.45) is 0 Å². The molecule has 1 fully saturated rings. The minimum Gasteiger partial charge on any atom is -0.496 e. The molecule has 250 valence electrons. The van der Waals surface area contributed by atoms with Gasteiger partial charge in [0.05, 0.1) is 34.5 Å². The van der Waals surface area contributed by atoms with Crippen LogP contribution in [0.4, 0.5) is 9.52 Å². The molecule has 3 amide bonds. The number of amides is 3. The highest BCUT2D eigenvalue weighted by Crippen LogP contribution is 2.31. The van der Waals surface area contributed by atoms with Crippen LogP contribution in [0.15, 0.2) is 78.9 Å². The summed E-state index contributed by atoms with van der Waals surface area (Å²) in [6.45, 7) is 0.410. The van der Waals surface area contributed by atoms with E-state index in [0.29, 0.717) is 62.3 Å². The summed E-state index contributed by atoms with van der Waals surface area (Å²) in [6, 6.07) is 21.1. The number of benzene rings is 4. The second kappa shape index (κ2) is 13.4. The maximum atomic E-state index is 15.3. The van der Waals surface area contributed by atoms with Crippen molar-refractivity contribution in [1.29, 1.82) is 0 Å². The molecule has 2 atom stereocenters. The van der Waals surface area contributed by atoms with E-state index in [0.717, 1.165) is 5.56 Å². The first-order chi connectivity index (χ1) is 23.7. The lowest BCUT2D eigenvalue weighted by Gasteiger charge is -2.39. The molecule has 1 saturated heterocycles. The highest BCUT2D eigenvalue weighted by Gasteiger charge is 2.36. The number of nitrogens with zero attached hydrogens (tertiary/aromatic N) is 2. The Labute approximate surface area is 284 Å². The summed E-state index contributed by atoms with van der Waals surface area (Å²) in [5, 5.41) is 6.17. The largest absolute Gasteiger partial charge is 0.496 e. The zero-order chi connectivity index (χ0) is 34.1. The molecular weight excluding hydrogens is 649 g/mol. The lowest BCUT2D eigenvalue weighted by atomic mass is 9.98. The number of likely N-dealkylation sites (tertiary alicyclic amines) is 1. The van der Waals surface area contributed by atoms with Crippen LogP contribution in [0.1, 0.15) is 32.7 Å². The summed E-state index contributed by atoms with van der Waals surface area (Å²) < 4.78 is 33.7. The van der Waals surface area contributed by atoms with Crippen LogP contribution in [-0.4, -0.2) is 66.6 Å². The number of anilines is 1. The van der Waals surface area contributed by atoms with Crippen molar-refractivity contribution in [3.63, 3.8) is 0 Å². The first-order valence-electron chi connectivity index (χ1n) is 15.6. The van der Waals surface area contributed by atoms with Gasteiger partial charge in [0, 0.05) is 37.7 Å². The van der Waals surface area contributed by atoms with E-state index < -0.39 is 23.9 Å². The average molecular weight is 682 g/mol. The van der Waals surface area contributed by atoms with Gasteiger partial charge in [0.2, 0.25) is 0 Å². The highest BCUT2D eigenvalue weighted by atomic mass is 32.1. The SMILES string of the molecule is COc1cc2ccc1CNC(=O)COc1cccc(c1)-c1ccc(F)c(c1)C(=O)N[C@@H]1CN(C(=O)c3cccc4nc(N)sc34)CC[C@@H]1O2. The minimum absolute atomic E-state index is 0.0991. The fourth-order valence-electron chi connectivity index (χ4n) is 6.10. The molecule has 8 rings (SSSR count). The molecule has 0 spiro atoms. The van der Waals surface area contributed by atoms with Crippen LogP contribution in [0.2, 0.25) is 0 Å². The van der Waals surface area contributed by atoms with Crippen molar-refractivity contribution in [2.45, 2.75) is 25.1 Å². The number of halogens is 1. The first-order valence-corrected chi connectivity index (χ1v) is 16.5. The monoisotopic (exact) mass is 681 g/mol. The summed E-state index contributed by atoms with van der Waals surface area (Å²) >= 11 is 1.24. The van der Waals surface area contributed by atoms with Crippen LogP contribution in [0.3, 0.4) is 0 Å². The Morgan fingerprint density at radius 2 is 1.88 bits per heavy atom. The summed E-state index contributed by atoms with van der Waals surface area (Å²) in [7, 11) is 1.52. The summed E-state index contributed by atoms with van der Waals surface area (Å²) in [4.78, 5) is 46.3. The summed E-state index contributed by atoms with van der Waals surface area (Å²) in [5.41, 5.74) is 8.83. The molecule has 0 saturated carbocycles. The molecule has 49 heavy (non-hydrogen) atoms. The molecule has 5 aromatic rings. The molecule has 3 aliphatic heterocycles. The van der Waals surface area contributed by atoms with Crippen LogP contribution in [0.5, 0.6) is 17.2 Å². The Kier molecular flexibility index (Phi) is 8.74. The number of ether oxygens (including phenoxy) is 3. The Hall–Kier alpha value is -5.69. The van der Waals surface area contributed by atoms with Gasteiger partial charge >= 0.3 is 0 Å². The number of methoxy groups -OCH3 is 1. The van der Waals surface area contributed by atoms with Crippen LogP contribution in [0, 0.1) is 5.82 Å². The van der Waals surface area contributed by atoms with E-state index in [1.54, 1.807) is 71.6 Å². The smallest absolute Gasteiger partial charge is 0.258 e. The maximum absolute atomic E-state index is 15.3. The number of hydrogen-bond donors (Lipinski definition) is 3. The lowest BCUT2D eigenvalue weighted by molar-refractivity contribution is -0.123. The molecule has 13 heteroatoms.